The molecule has 2 rings (SSSR count). The van der Waals surface area contributed by atoms with E-state index in [4.69, 9.17) is 14.0 Å². The average molecular weight is 368 g/mol. The summed E-state index contributed by atoms with van der Waals surface area (Å²) in [7, 11) is -3.90. The molecule has 25 heavy (non-hydrogen) atoms. The van der Waals surface area contributed by atoms with E-state index in [1.54, 1.807) is 18.2 Å². The smallest absolute Gasteiger partial charge is 0.321 e. The van der Waals surface area contributed by atoms with Crippen LogP contribution in [0.2, 0.25) is 0 Å². The van der Waals surface area contributed by atoms with Crippen LogP contribution in [0, 0.1) is 13.8 Å². The molecule has 0 saturated heterocycles. The molecule has 1 N–H and O–H groups in total. The second kappa shape index (κ2) is 8.13. The van der Waals surface area contributed by atoms with Gasteiger partial charge in [-0.05, 0) is 26.8 Å². The molecule has 0 radical (unpaired) electrons. The Morgan fingerprint density at radius 1 is 1.28 bits per heavy atom. The lowest BCUT2D eigenvalue weighted by Gasteiger charge is -2.11. The van der Waals surface area contributed by atoms with Gasteiger partial charge >= 0.3 is 5.97 Å². The van der Waals surface area contributed by atoms with E-state index in [2.05, 4.69) is 9.88 Å². The van der Waals surface area contributed by atoms with Crippen molar-refractivity contribution in [3.8, 4) is 5.75 Å². The first-order valence-electron chi connectivity index (χ1n) is 7.64. The first-order chi connectivity index (χ1) is 11.8. The summed E-state index contributed by atoms with van der Waals surface area (Å²) in [4.78, 5) is 11.8. The van der Waals surface area contributed by atoms with Crippen LogP contribution in [-0.2, 0) is 26.2 Å². The molecule has 0 aliphatic rings. The Labute approximate surface area is 146 Å². The number of hydrogen-bond donors (Lipinski definition) is 1. The lowest BCUT2D eigenvalue weighted by atomic mass is 10.2. The minimum absolute atomic E-state index is 0.0118. The topological polar surface area (TPSA) is 108 Å². The summed E-state index contributed by atoms with van der Waals surface area (Å²) >= 11 is 0. The van der Waals surface area contributed by atoms with E-state index in [9.17, 15) is 13.2 Å². The Kier molecular flexibility index (Phi) is 6.16. The lowest BCUT2D eigenvalue weighted by molar-refractivity contribution is -0.143. The van der Waals surface area contributed by atoms with Gasteiger partial charge in [0, 0.05) is 5.56 Å². The Bertz CT molecular complexity index is 825. The summed E-state index contributed by atoms with van der Waals surface area (Å²) < 4.78 is 42.0. The molecule has 0 atom stereocenters. The number of hydrogen-bond acceptors (Lipinski definition) is 7. The van der Waals surface area contributed by atoms with E-state index in [1.807, 2.05) is 13.0 Å². The molecule has 1 aromatic carbocycles. The molecule has 0 fully saturated rings. The molecule has 1 heterocycles. The van der Waals surface area contributed by atoms with Gasteiger partial charge in [0.15, 0.2) is 5.76 Å². The number of carbonyl (C=O) groups excluding carboxylic acids is 1. The number of ether oxygens (including phenoxy) is 2. The number of sulfonamides is 1. The van der Waals surface area contributed by atoms with E-state index < -0.39 is 22.5 Å². The standard InChI is InChI=1S/C16H20N2O6S/c1-4-22-14-8-6-5-7-13(14)10-23-15(19)9-17-25(20,21)16-11(2)18-24-12(16)3/h5-8,17H,4,9-10H2,1-3H3. The van der Waals surface area contributed by atoms with Gasteiger partial charge in [0.25, 0.3) is 0 Å². The number of aryl methyl sites for hydroxylation is 2. The Morgan fingerprint density at radius 2 is 2.00 bits per heavy atom. The van der Waals surface area contributed by atoms with Gasteiger partial charge in [-0.15, -0.1) is 0 Å². The average Bonchev–Trinajstić information content (AvgIpc) is 2.92. The van der Waals surface area contributed by atoms with E-state index in [0.717, 1.165) is 0 Å². The maximum atomic E-state index is 12.2. The normalized spacial score (nSPS) is 11.3. The number of para-hydroxylation sites is 1. The van der Waals surface area contributed by atoms with Gasteiger partial charge in [-0.2, -0.15) is 4.72 Å². The van der Waals surface area contributed by atoms with Crippen molar-refractivity contribution < 1.29 is 27.2 Å². The second-order valence-corrected chi connectivity index (χ2v) is 6.88. The van der Waals surface area contributed by atoms with E-state index in [1.165, 1.54) is 13.8 Å². The zero-order valence-electron chi connectivity index (χ0n) is 14.2. The molecular weight excluding hydrogens is 348 g/mol. The molecule has 0 aliphatic heterocycles. The van der Waals surface area contributed by atoms with Crippen LogP contribution in [0.3, 0.4) is 0 Å². The fourth-order valence-electron chi connectivity index (χ4n) is 2.21. The first-order valence-corrected chi connectivity index (χ1v) is 9.12. The molecule has 9 heteroatoms. The molecule has 0 aliphatic carbocycles. The van der Waals surface area contributed by atoms with Gasteiger partial charge < -0.3 is 14.0 Å². The summed E-state index contributed by atoms with van der Waals surface area (Å²) in [5.74, 6) is 0.0692. The molecule has 0 saturated carbocycles. The maximum absolute atomic E-state index is 12.2. The van der Waals surface area contributed by atoms with Crippen molar-refractivity contribution in [2.75, 3.05) is 13.2 Å². The van der Waals surface area contributed by atoms with Gasteiger partial charge in [-0.3, -0.25) is 4.79 Å². The fraction of sp³-hybridized carbons (Fsp3) is 0.375. The number of nitrogens with zero attached hydrogens (tertiary/aromatic N) is 1. The van der Waals surface area contributed by atoms with Crippen molar-refractivity contribution in [3.05, 3.63) is 41.3 Å². The summed E-state index contributed by atoms with van der Waals surface area (Å²) in [6, 6.07) is 7.15. The van der Waals surface area contributed by atoms with Crippen molar-refractivity contribution in [2.45, 2.75) is 32.3 Å². The second-order valence-electron chi connectivity index (χ2n) is 5.18. The van der Waals surface area contributed by atoms with Gasteiger partial charge in [-0.1, -0.05) is 23.4 Å². The predicted molar refractivity (Wildman–Crippen MR) is 88.6 cm³/mol. The van der Waals surface area contributed by atoms with Crippen LogP contribution >= 0.6 is 0 Å². The fourth-order valence-corrected chi connectivity index (χ4v) is 3.51. The van der Waals surface area contributed by atoms with Gasteiger partial charge in [0.1, 0.15) is 29.5 Å². The van der Waals surface area contributed by atoms with Gasteiger partial charge in [0.2, 0.25) is 10.0 Å². The van der Waals surface area contributed by atoms with Crippen LogP contribution in [0.15, 0.2) is 33.7 Å². The Hall–Kier alpha value is -2.39. The maximum Gasteiger partial charge on any atom is 0.321 e. The third kappa shape index (κ3) is 4.80. The monoisotopic (exact) mass is 368 g/mol. The zero-order chi connectivity index (χ0) is 18.4. The van der Waals surface area contributed by atoms with Crippen molar-refractivity contribution in [1.29, 1.82) is 0 Å². The minimum Gasteiger partial charge on any atom is -0.493 e. The molecule has 0 amide bonds. The van der Waals surface area contributed by atoms with Gasteiger partial charge in [0.05, 0.1) is 6.61 Å². The Morgan fingerprint density at radius 3 is 2.64 bits per heavy atom. The van der Waals surface area contributed by atoms with Crippen molar-refractivity contribution in [1.82, 2.24) is 9.88 Å². The van der Waals surface area contributed by atoms with E-state index in [0.29, 0.717) is 17.9 Å². The summed E-state index contributed by atoms with van der Waals surface area (Å²) in [6.07, 6.45) is 0. The summed E-state index contributed by atoms with van der Waals surface area (Å²) in [6.45, 7) is 4.82. The summed E-state index contributed by atoms with van der Waals surface area (Å²) in [5.41, 5.74) is 0.926. The predicted octanol–water partition coefficient (Wildman–Crippen LogP) is 1.71. The highest BCUT2D eigenvalue weighted by molar-refractivity contribution is 7.89. The van der Waals surface area contributed by atoms with Crippen molar-refractivity contribution in [3.63, 3.8) is 0 Å². The molecule has 8 nitrogen and oxygen atoms in total. The van der Waals surface area contributed by atoms with Crippen LogP contribution in [-0.4, -0.2) is 32.7 Å². The quantitative estimate of drug-likeness (QED) is 0.707. The molecule has 136 valence electrons. The molecule has 1 aromatic heterocycles. The molecule has 0 unspecified atom stereocenters. The third-order valence-electron chi connectivity index (χ3n) is 3.30. The van der Waals surface area contributed by atoms with Crippen LogP contribution in [0.4, 0.5) is 0 Å². The molecule has 2 aromatic rings. The van der Waals surface area contributed by atoms with Gasteiger partial charge in [-0.25, -0.2) is 8.42 Å². The third-order valence-corrected chi connectivity index (χ3v) is 4.95. The Balaban J connectivity index is 1.93. The van der Waals surface area contributed by atoms with Crippen molar-refractivity contribution >= 4 is 16.0 Å². The lowest BCUT2D eigenvalue weighted by Crippen LogP contribution is -2.31. The number of esters is 1. The summed E-state index contributed by atoms with van der Waals surface area (Å²) in [5, 5.41) is 3.59. The largest absolute Gasteiger partial charge is 0.493 e. The number of benzene rings is 1. The van der Waals surface area contributed by atoms with Crippen LogP contribution < -0.4 is 9.46 Å². The van der Waals surface area contributed by atoms with Crippen LogP contribution in [0.1, 0.15) is 23.9 Å². The number of nitrogens with one attached hydrogen (secondary N) is 1. The van der Waals surface area contributed by atoms with E-state index >= 15 is 0 Å². The number of rotatable bonds is 8. The zero-order valence-corrected chi connectivity index (χ0v) is 15.1. The number of aromatic nitrogens is 1. The highest BCUT2D eigenvalue weighted by atomic mass is 32.2. The van der Waals surface area contributed by atoms with Crippen molar-refractivity contribution in [2.24, 2.45) is 0 Å². The van der Waals surface area contributed by atoms with Crippen LogP contribution in [0.5, 0.6) is 5.75 Å². The highest BCUT2D eigenvalue weighted by Gasteiger charge is 2.24. The molecule has 0 bridgehead atoms. The van der Waals surface area contributed by atoms with E-state index in [-0.39, 0.29) is 23.0 Å². The number of carbonyl (C=O) groups is 1. The SMILES string of the molecule is CCOc1ccccc1COC(=O)CNS(=O)(=O)c1c(C)noc1C. The van der Waals surface area contributed by atoms with Crippen LogP contribution in [0.25, 0.3) is 0 Å². The molecule has 0 spiro atoms. The highest BCUT2D eigenvalue weighted by Crippen LogP contribution is 2.19. The first kappa shape index (κ1) is 18.9. The minimum atomic E-state index is -3.90. The molecular formula is C16H20N2O6S.